The van der Waals surface area contributed by atoms with E-state index >= 15 is 0 Å². The first-order chi connectivity index (χ1) is 6.61. The molecule has 6 heteroatoms. The van der Waals surface area contributed by atoms with E-state index in [-0.39, 0.29) is 5.96 Å². The maximum absolute atomic E-state index is 5.75. The van der Waals surface area contributed by atoms with Gasteiger partial charge in [0.1, 0.15) is 0 Å². The van der Waals surface area contributed by atoms with Gasteiger partial charge in [-0.2, -0.15) is 0 Å². The second-order valence-corrected chi connectivity index (χ2v) is 3.25. The Labute approximate surface area is 91.2 Å². The van der Waals surface area contributed by atoms with Crippen molar-refractivity contribution in [3.8, 4) is 0 Å². The normalized spacial score (nSPS) is 12.3. The van der Waals surface area contributed by atoms with Gasteiger partial charge >= 0.3 is 0 Å². The maximum atomic E-state index is 5.75. The summed E-state index contributed by atoms with van der Waals surface area (Å²) in [5.74, 6) is 0.0471. The highest BCUT2D eigenvalue weighted by Gasteiger charge is 1.97. The number of hydrogen-bond donors (Lipinski definition) is 2. The van der Waals surface area contributed by atoms with Crippen LogP contribution in [-0.4, -0.2) is 12.3 Å². The lowest BCUT2D eigenvalue weighted by molar-refractivity contribution is 1.42. The molecule has 0 saturated carbocycles. The lowest BCUT2D eigenvalue weighted by Gasteiger charge is -1.97. The zero-order chi connectivity index (χ0) is 10.6. The third kappa shape index (κ3) is 3.24. The van der Waals surface area contributed by atoms with E-state index in [1.165, 1.54) is 0 Å². The number of nitrogens with zero attached hydrogens (tertiary/aromatic N) is 2. The molecule has 0 saturated heterocycles. The van der Waals surface area contributed by atoms with E-state index in [0.29, 0.717) is 15.7 Å². The minimum absolute atomic E-state index is 0.0471. The monoisotopic (exact) mass is 230 g/mol. The van der Waals surface area contributed by atoms with Crippen molar-refractivity contribution in [3.63, 3.8) is 0 Å². The van der Waals surface area contributed by atoms with E-state index < -0.39 is 0 Å². The standard InChI is InChI=1S/C8H8Cl2N4/c9-5-1-6(10)3-7(2-5)14-8(12)13-4-11/h1-4H,(H4,11,12,13,14). The highest BCUT2D eigenvalue weighted by molar-refractivity contribution is 6.35. The molecule has 4 nitrogen and oxygen atoms in total. The highest BCUT2D eigenvalue weighted by Crippen LogP contribution is 2.24. The molecule has 4 N–H and O–H groups in total. The molecular formula is C8H8Cl2N4. The van der Waals surface area contributed by atoms with Crippen LogP contribution in [0.1, 0.15) is 0 Å². The first-order valence-corrected chi connectivity index (χ1v) is 4.42. The van der Waals surface area contributed by atoms with E-state index in [1.54, 1.807) is 18.2 Å². The summed E-state index contributed by atoms with van der Waals surface area (Å²) in [5, 5.41) is 0.974. The first-order valence-electron chi connectivity index (χ1n) is 3.66. The molecule has 0 aliphatic carbocycles. The van der Waals surface area contributed by atoms with Crippen LogP contribution in [0, 0.1) is 0 Å². The van der Waals surface area contributed by atoms with E-state index in [9.17, 15) is 0 Å². The van der Waals surface area contributed by atoms with Crippen LogP contribution in [0.4, 0.5) is 5.69 Å². The predicted octanol–water partition coefficient (Wildman–Crippen LogP) is 1.93. The minimum atomic E-state index is 0.0471. The van der Waals surface area contributed by atoms with Gasteiger partial charge in [0, 0.05) is 10.0 Å². The molecule has 0 aromatic heterocycles. The van der Waals surface area contributed by atoms with Crippen LogP contribution in [0.2, 0.25) is 10.0 Å². The smallest absolute Gasteiger partial charge is 0.221 e. The average Bonchev–Trinajstić information content (AvgIpc) is 2.01. The molecule has 0 amide bonds. The average molecular weight is 231 g/mol. The fourth-order valence-electron chi connectivity index (χ4n) is 0.841. The highest BCUT2D eigenvalue weighted by atomic mass is 35.5. The van der Waals surface area contributed by atoms with E-state index in [2.05, 4.69) is 9.98 Å². The Kier molecular flexibility index (Phi) is 3.73. The van der Waals surface area contributed by atoms with Gasteiger partial charge in [-0.15, -0.1) is 0 Å². The van der Waals surface area contributed by atoms with E-state index in [4.69, 9.17) is 34.7 Å². The first kappa shape index (κ1) is 10.8. The molecule has 0 heterocycles. The number of benzene rings is 1. The molecule has 1 aromatic carbocycles. The summed E-state index contributed by atoms with van der Waals surface area (Å²) in [7, 11) is 0. The molecular weight excluding hydrogens is 223 g/mol. The zero-order valence-electron chi connectivity index (χ0n) is 7.11. The van der Waals surface area contributed by atoms with Crippen molar-refractivity contribution in [1.29, 1.82) is 0 Å². The Morgan fingerprint density at radius 2 is 1.79 bits per heavy atom. The van der Waals surface area contributed by atoms with Crippen LogP contribution in [0.5, 0.6) is 0 Å². The zero-order valence-corrected chi connectivity index (χ0v) is 8.63. The molecule has 0 fully saturated rings. The molecule has 0 bridgehead atoms. The van der Waals surface area contributed by atoms with Crippen molar-refractivity contribution in [2.75, 3.05) is 0 Å². The lowest BCUT2D eigenvalue weighted by Crippen LogP contribution is -2.09. The van der Waals surface area contributed by atoms with Gasteiger partial charge in [-0.1, -0.05) is 23.2 Å². The summed E-state index contributed by atoms with van der Waals surface area (Å²) >= 11 is 11.5. The number of nitrogens with two attached hydrogens (primary N) is 2. The van der Waals surface area contributed by atoms with E-state index in [1.807, 2.05) is 0 Å². The molecule has 74 valence electrons. The number of rotatable bonds is 1. The third-order valence-corrected chi connectivity index (χ3v) is 1.73. The van der Waals surface area contributed by atoms with Gasteiger partial charge in [0.05, 0.1) is 12.0 Å². The molecule has 0 aliphatic heterocycles. The Morgan fingerprint density at radius 3 is 2.29 bits per heavy atom. The van der Waals surface area contributed by atoms with Gasteiger partial charge in [-0.3, -0.25) is 0 Å². The molecule has 1 rings (SSSR count). The maximum Gasteiger partial charge on any atom is 0.221 e. The van der Waals surface area contributed by atoms with Crippen molar-refractivity contribution in [2.24, 2.45) is 21.5 Å². The minimum Gasteiger partial charge on any atom is -0.390 e. The molecule has 0 radical (unpaired) electrons. The van der Waals surface area contributed by atoms with Crippen LogP contribution in [-0.2, 0) is 0 Å². The lowest BCUT2D eigenvalue weighted by atomic mass is 10.3. The predicted molar refractivity (Wildman–Crippen MR) is 60.4 cm³/mol. The van der Waals surface area contributed by atoms with Gasteiger partial charge in [-0.05, 0) is 18.2 Å². The molecule has 0 aliphatic rings. The van der Waals surface area contributed by atoms with Gasteiger partial charge < -0.3 is 11.5 Å². The third-order valence-electron chi connectivity index (χ3n) is 1.30. The second kappa shape index (κ2) is 4.83. The van der Waals surface area contributed by atoms with Crippen LogP contribution in [0.25, 0.3) is 0 Å². The number of guanidine groups is 1. The van der Waals surface area contributed by atoms with Crippen LogP contribution in [0.15, 0.2) is 28.2 Å². The Morgan fingerprint density at radius 1 is 1.21 bits per heavy atom. The summed E-state index contributed by atoms with van der Waals surface area (Å²) in [6.45, 7) is 0. The van der Waals surface area contributed by atoms with Crippen molar-refractivity contribution < 1.29 is 0 Å². The molecule has 14 heavy (non-hydrogen) atoms. The van der Waals surface area contributed by atoms with Crippen molar-refractivity contribution in [3.05, 3.63) is 28.2 Å². The molecule has 0 atom stereocenters. The van der Waals surface area contributed by atoms with Gasteiger partial charge in [0.15, 0.2) is 0 Å². The SMILES string of the molecule is N/C=N\C(N)=Nc1cc(Cl)cc(Cl)c1. The van der Waals surface area contributed by atoms with E-state index in [0.717, 1.165) is 6.34 Å². The number of aliphatic imine (C=N–C) groups is 2. The number of hydrogen-bond acceptors (Lipinski definition) is 1. The van der Waals surface area contributed by atoms with Crippen molar-refractivity contribution >= 4 is 41.2 Å². The second-order valence-electron chi connectivity index (χ2n) is 2.38. The topological polar surface area (TPSA) is 76.8 Å². The summed E-state index contributed by atoms with van der Waals surface area (Å²) in [6.07, 6.45) is 1.06. The molecule has 0 spiro atoms. The Hall–Kier alpha value is -1.26. The van der Waals surface area contributed by atoms with Crippen molar-refractivity contribution in [1.82, 2.24) is 0 Å². The summed E-state index contributed by atoms with van der Waals surface area (Å²) < 4.78 is 0. The Balaban J connectivity index is 3.02. The van der Waals surface area contributed by atoms with Crippen molar-refractivity contribution in [2.45, 2.75) is 0 Å². The summed E-state index contributed by atoms with van der Waals surface area (Å²) in [5.41, 5.74) is 11.0. The van der Waals surface area contributed by atoms with Crippen LogP contribution >= 0.6 is 23.2 Å². The van der Waals surface area contributed by atoms with Gasteiger partial charge in [0.2, 0.25) is 5.96 Å². The molecule has 0 unspecified atom stereocenters. The van der Waals surface area contributed by atoms with Crippen LogP contribution < -0.4 is 11.5 Å². The number of halogens is 2. The van der Waals surface area contributed by atoms with Crippen LogP contribution in [0.3, 0.4) is 0 Å². The largest absolute Gasteiger partial charge is 0.390 e. The Bertz CT molecular complexity index is 367. The van der Waals surface area contributed by atoms with Gasteiger partial charge in [0.25, 0.3) is 0 Å². The van der Waals surface area contributed by atoms with Gasteiger partial charge in [-0.25, -0.2) is 9.98 Å². The molecule has 1 aromatic rings. The summed E-state index contributed by atoms with van der Waals surface area (Å²) in [4.78, 5) is 7.49. The fourth-order valence-corrected chi connectivity index (χ4v) is 1.36. The summed E-state index contributed by atoms with van der Waals surface area (Å²) in [6, 6.07) is 4.84. The fraction of sp³-hybridized carbons (Fsp3) is 0. The quantitative estimate of drug-likeness (QED) is 0.572.